The Kier molecular flexibility index (Phi) is 15.4. The Hall–Kier alpha value is -5.05. The number of nitrogens with zero attached hydrogens (tertiary/aromatic N) is 4. The van der Waals surface area contributed by atoms with Crippen LogP contribution in [0.4, 0.5) is 9.59 Å². The maximum atomic E-state index is 14.5. The molecule has 0 unspecified atom stereocenters. The average molecular weight is 845 g/mol. The molecular weight excluding hydrogens is 790 g/mol. The van der Waals surface area contributed by atoms with Crippen molar-refractivity contribution in [1.82, 2.24) is 35.9 Å². The van der Waals surface area contributed by atoms with Gasteiger partial charge in [0, 0.05) is 48.8 Å². The van der Waals surface area contributed by atoms with Crippen LogP contribution in [0.1, 0.15) is 57.2 Å². The number of hydrogen-bond donors (Lipinski definition) is 5. The smallest absolute Gasteiger partial charge is 0.405 e. The number of amides is 5. The molecule has 1 saturated heterocycles. The van der Waals surface area contributed by atoms with Crippen LogP contribution in [-0.2, 0) is 29.1 Å². The number of benzene rings is 3. The molecule has 0 bridgehead atoms. The number of nitrogens with one attached hydrogen (secondary N) is 3. The number of hydrazine groups is 1. The van der Waals surface area contributed by atoms with Gasteiger partial charge in [0.2, 0.25) is 5.91 Å². The first-order chi connectivity index (χ1) is 27.4. The van der Waals surface area contributed by atoms with Gasteiger partial charge in [-0.2, -0.15) is 0 Å². The van der Waals surface area contributed by atoms with Crippen LogP contribution in [0.3, 0.4) is 0 Å². The predicted octanol–water partition coefficient (Wildman–Crippen LogP) is 5.95. The van der Waals surface area contributed by atoms with Gasteiger partial charge in [-0.05, 0) is 59.2 Å². The van der Waals surface area contributed by atoms with Crippen LogP contribution < -0.4 is 16.1 Å². The van der Waals surface area contributed by atoms with Crippen LogP contribution in [0.5, 0.6) is 0 Å². The lowest BCUT2D eigenvalue weighted by Gasteiger charge is -2.35. The Morgan fingerprint density at radius 2 is 1.54 bits per heavy atom. The number of hydrogen-bond acceptors (Lipinski definition) is 7. The van der Waals surface area contributed by atoms with Gasteiger partial charge in [-0.15, -0.1) is 0 Å². The second kappa shape index (κ2) is 20.4. The molecule has 1 fully saturated rings. The van der Waals surface area contributed by atoms with Gasteiger partial charge in [0.15, 0.2) is 0 Å². The molecule has 5 N–H and O–H groups in total. The third-order valence-corrected chi connectivity index (χ3v) is 11.4. The van der Waals surface area contributed by atoms with E-state index in [0.717, 1.165) is 32.1 Å². The Bertz CT molecular complexity index is 1960. The van der Waals surface area contributed by atoms with Crippen LogP contribution in [0, 0.1) is 11.8 Å². The van der Waals surface area contributed by atoms with E-state index in [0.29, 0.717) is 32.5 Å². The minimum atomic E-state index is -1.32. The van der Waals surface area contributed by atoms with Crippen molar-refractivity contribution in [2.24, 2.45) is 11.8 Å². The van der Waals surface area contributed by atoms with E-state index in [4.69, 9.17) is 0 Å². The number of aromatic nitrogens is 1. The first-order valence-electron chi connectivity index (χ1n) is 19.6. The summed E-state index contributed by atoms with van der Waals surface area (Å²) in [5, 5.41) is 29.5. The molecule has 0 aliphatic carbocycles. The van der Waals surface area contributed by atoms with Gasteiger partial charge < -0.3 is 30.6 Å². The van der Waals surface area contributed by atoms with E-state index in [-0.39, 0.29) is 43.3 Å². The SMILES string of the molecule is CC[C@H](C)[C@H](NC(=O)O)C(=O)NN(Cc1ccc(Br)cc1)C[C@H](O)[C@H](Cc1ccccc1)NC(=O)[C@H]([C@@H](C)CC)N1CCN(Cc2ccnc3ccccc23)C1=O. The molecule has 57 heavy (non-hydrogen) atoms. The minimum Gasteiger partial charge on any atom is -0.465 e. The molecule has 5 rings (SSSR count). The number of aliphatic hydroxyl groups excluding tert-OH is 1. The highest BCUT2D eigenvalue weighted by Gasteiger charge is 2.41. The average Bonchev–Trinajstić information content (AvgIpc) is 3.55. The lowest BCUT2D eigenvalue weighted by molar-refractivity contribution is -0.132. The summed E-state index contributed by atoms with van der Waals surface area (Å²) >= 11 is 3.46. The molecule has 0 radical (unpaired) electrons. The summed E-state index contributed by atoms with van der Waals surface area (Å²) in [6.07, 6.45) is 0.675. The number of halogens is 1. The lowest BCUT2D eigenvalue weighted by Crippen LogP contribution is -2.59. The van der Waals surface area contributed by atoms with Crippen molar-refractivity contribution in [3.63, 3.8) is 0 Å². The molecule has 6 atom stereocenters. The summed E-state index contributed by atoms with van der Waals surface area (Å²) < 4.78 is 0.872. The van der Waals surface area contributed by atoms with Crippen LogP contribution >= 0.6 is 15.9 Å². The highest BCUT2D eigenvalue weighted by atomic mass is 79.9. The van der Waals surface area contributed by atoms with Gasteiger partial charge in [-0.3, -0.25) is 20.0 Å². The van der Waals surface area contributed by atoms with Crippen LogP contribution in [0.25, 0.3) is 10.9 Å². The third-order valence-electron chi connectivity index (χ3n) is 10.8. The summed E-state index contributed by atoms with van der Waals surface area (Å²) in [5.74, 6) is -1.44. The number of fused-ring (bicyclic) bond motifs is 1. The Balaban J connectivity index is 1.38. The number of pyridine rings is 1. The van der Waals surface area contributed by atoms with Gasteiger partial charge in [0.05, 0.1) is 17.7 Å². The van der Waals surface area contributed by atoms with Crippen molar-refractivity contribution < 1.29 is 29.4 Å². The number of carbonyl (C=O) groups is 4. The normalized spacial score (nSPS) is 16.2. The Labute approximate surface area is 342 Å². The van der Waals surface area contributed by atoms with Crippen molar-refractivity contribution in [2.75, 3.05) is 19.6 Å². The first-order valence-corrected chi connectivity index (χ1v) is 20.4. The molecule has 1 aliphatic heterocycles. The summed E-state index contributed by atoms with van der Waals surface area (Å²) in [7, 11) is 0. The van der Waals surface area contributed by atoms with Crippen LogP contribution in [0.15, 0.2) is 95.6 Å². The number of para-hydroxylation sites is 1. The summed E-state index contributed by atoms with van der Waals surface area (Å²) in [6.45, 7) is 8.87. The number of carbonyl (C=O) groups excluding carboxylic acids is 3. The van der Waals surface area contributed by atoms with Crippen molar-refractivity contribution in [3.8, 4) is 0 Å². The molecule has 304 valence electrons. The maximum Gasteiger partial charge on any atom is 0.405 e. The van der Waals surface area contributed by atoms with Gasteiger partial charge in [0.1, 0.15) is 12.1 Å². The molecule has 0 spiro atoms. The van der Waals surface area contributed by atoms with E-state index in [1.54, 1.807) is 27.9 Å². The molecule has 13 nitrogen and oxygen atoms in total. The van der Waals surface area contributed by atoms with Crippen molar-refractivity contribution in [1.29, 1.82) is 0 Å². The molecular formula is C43H54BrN7O6. The predicted molar refractivity (Wildman–Crippen MR) is 223 cm³/mol. The quantitative estimate of drug-likeness (QED) is 0.0722. The van der Waals surface area contributed by atoms with Crippen molar-refractivity contribution in [3.05, 3.63) is 112 Å². The number of carboxylic acid groups (broad SMARTS) is 1. The minimum absolute atomic E-state index is 0.107. The van der Waals surface area contributed by atoms with Gasteiger partial charge in [-0.1, -0.05) is 117 Å². The number of rotatable bonds is 19. The molecule has 0 saturated carbocycles. The summed E-state index contributed by atoms with van der Waals surface area (Å²) in [4.78, 5) is 61.8. The molecule has 14 heteroatoms. The van der Waals surface area contributed by atoms with E-state index in [1.165, 1.54) is 0 Å². The first kappa shape index (κ1) is 43.1. The molecule has 3 aromatic carbocycles. The van der Waals surface area contributed by atoms with Gasteiger partial charge in [0.25, 0.3) is 5.91 Å². The number of aliphatic hydroxyl groups is 1. The highest BCUT2D eigenvalue weighted by molar-refractivity contribution is 9.10. The fourth-order valence-electron chi connectivity index (χ4n) is 7.23. The zero-order chi connectivity index (χ0) is 41.1. The number of urea groups is 1. The molecule has 1 aliphatic rings. The maximum absolute atomic E-state index is 14.5. The van der Waals surface area contributed by atoms with Gasteiger partial charge in [-0.25, -0.2) is 14.6 Å². The fraction of sp³-hybridized carbons (Fsp3) is 0.419. The van der Waals surface area contributed by atoms with Gasteiger partial charge >= 0.3 is 12.1 Å². The second-order valence-electron chi connectivity index (χ2n) is 14.9. The molecule has 2 heterocycles. The Morgan fingerprint density at radius 3 is 2.23 bits per heavy atom. The van der Waals surface area contributed by atoms with E-state index < -0.39 is 36.2 Å². The van der Waals surface area contributed by atoms with Crippen LogP contribution in [-0.4, -0.2) is 97.8 Å². The molecule has 4 aromatic rings. The second-order valence-corrected chi connectivity index (χ2v) is 15.8. The van der Waals surface area contributed by atoms with Crippen LogP contribution in [0.2, 0.25) is 0 Å². The summed E-state index contributed by atoms with van der Waals surface area (Å²) in [5.41, 5.74) is 6.39. The monoisotopic (exact) mass is 843 g/mol. The van der Waals surface area contributed by atoms with Crippen molar-refractivity contribution >= 4 is 50.8 Å². The lowest BCUT2D eigenvalue weighted by atomic mass is 9.95. The highest BCUT2D eigenvalue weighted by Crippen LogP contribution is 2.25. The van der Waals surface area contributed by atoms with E-state index in [9.17, 15) is 29.4 Å². The topological polar surface area (TPSA) is 167 Å². The largest absolute Gasteiger partial charge is 0.465 e. The third kappa shape index (κ3) is 11.5. The Morgan fingerprint density at radius 1 is 0.860 bits per heavy atom. The molecule has 5 amide bonds. The van der Waals surface area contributed by atoms with Crippen molar-refractivity contribution in [2.45, 2.75) is 84.3 Å². The van der Waals surface area contributed by atoms with E-state index in [1.807, 2.05) is 106 Å². The van der Waals surface area contributed by atoms with E-state index in [2.05, 4.69) is 37.0 Å². The molecule has 1 aromatic heterocycles. The zero-order valence-electron chi connectivity index (χ0n) is 33.0. The fourth-order valence-corrected chi connectivity index (χ4v) is 7.49. The standard InChI is InChI=1S/C43H54BrN7O6/c1-5-28(3)38(47-42(55)56)40(53)48-50(25-31-16-18-33(44)19-17-31)27-37(52)36(24-30-12-8-7-9-13-30)46-41(54)39(29(4)6-2)51-23-22-49(43(51)57)26-32-20-21-45-35-15-11-10-14-34(32)35/h7-21,28-29,36-39,47,52H,5-6,22-27H2,1-4H3,(H,46,54)(H,48,53)(H,55,56)/t28-,29-,36-,37-,38-,39-/m0/s1. The summed E-state index contributed by atoms with van der Waals surface area (Å²) in [6, 6.07) is 23.8. The zero-order valence-corrected chi connectivity index (χ0v) is 34.6. The van der Waals surface area contributed by atoms with E-state index >= 15 is 0 Å².